The molecule has 2 aromatic carbocycles. The first-order valence-electron chi connectivity index (χ1n) is 28.1. The fraction of sp³-hybridized carbons (Fsp3) is 0.750. The van der Waals surface area contributed by atoms with E-state index < -0.39 is 201 Å². The number of carboxylic acids is 1. The van der Waals surface area contributed by atoms with Crippen LogP contribution in [0.1, 0.15) is 115 Å². The summed E-state index contributed by atoms with van der Waals surface area (Å²) in [7, 11) is 1.17. The summed E-state index contributed by atoms with van der Waals surface area (Å²) in [5.41, 5.74) is -1.60. The van der Waals surface area contributed by atoms with E-state index in [9.17, 15) is 65.4 Å². The minimum absolute atomic E-state index is 0.0447. The highest BCUT2D eigenvalue weighted by atomic mass is 16.7. The zero-order valence-corrected chi connectivity index (χ0v) is 47.6. The highest BCUT2D eigenvalue weighted by Crippen LogP contribution is 2.48. The number of benzene rings is 2. The molecule has 8 rings (SSSR count). The van der Waals surface area contributed by atoms with Crippen molar-refractivity contribution in [2.45, 2.75) is 254 Å². The lowest BCUT2D eigenvalue weighted by Crippen LogP contribution is -2.58. The van der Waals surface area contributed by atoms with Gasteiger partial charge in [-0.05, 0) is 84.9 Å². The third-order valence-corrected chi connectivity index (χ3v) is 16.7. The van der Waals surface area contributed by atoms with Crippen molar-refractivity contribution < 1.29 is 132 Å². The molecule has 5 heterocycles. The van der Waals surface area contributed by atoms with Crippen molar-refractivity contribution in [2.24, 2.45) is 5.92 Å². The smallest absolute Gasteiger partial charge is 0.306 e. The molecule has 27 nitrogen and oxygen atoms in total. The average Bonchev–Trinajstić information content (AvgIpc) is 1.33. The number of phenols is 2. The molecule has 6 unspecified atom stereocenters. The minimum atomic E-state index is -1.97. The summed E-state index contributed by atoms with van der Waals surface area (Å²) >= 11 is 0. The molecule has 0 saturated carbocycles. The van der Waals surface area contributed by atoms with E-state index in [1.54, 1.807) is 20.8 Å². The molecule has 5 fully saturated rings. The summed E-state index contributed by atoms with van der Waals surface area (Å²) in [6.45, 7) is 11.9. The van der Waals surface area contributed by atoms with Crippen LogP contribution in [0, 0.1) is 12.8 Å². The molecule has 83 heavy (non-hydrogen) atoms. The van der Waals surface area contributed by atoms with E-state index in [1.165, 1.54) is 53.9 Å². The largest absolute Gasteiger partial charge is 0.507 e. The van der Waals surface area contributed by atoms with Crippen LogP contribution in [0.4, 0.5) is 0 Å². The molecule has 11 N–H and O–H groups in total. The Kier molecular flexibility index (Phi) is 20.5. The summed E-state index contributed by atoms with van der Waals surface area (Å²) in [6.07, 6.45) is -29.4. The standard InChI is InChI=1S/C56H80O27/c1-20-30(79-37-16-32(47(64)23(4)73-37)80-38-15-31(46(63)22(3)74-38)78-36(60)11-10-35(58)59)14-28-12-27-13-29(53(72-9)52(69)45(62)21(2)57)54(51(68)43(27)50(67)42(28)44(20)61)83-40-18-33(48(65)25(6)76-40)81-39-17-34(49(66)24(5)75-39)82-41-19-56(8,71)55(70)26(7)77-41/h12,14,21-26,29,31-34,37-41,45-49,53-55,57,61-67,70-71H,10-11,13,15-19H2,1-9H3,(H,58,59)/t21-,22?,23?,24?,25?,26?,29+,31-,32-,33?,34-,37+,38+,39+,40+,41+,45+,46-,47-,48-,49+,53+,54+,55-,56+/m1/s1. The molecule has 0 aromatic heterocycles. The Morgan fingerprint density at radius 2 is 1.17 bits per heavy atom. The van der Waals surface area contributed by atoms with E-state index >= 15 is 4.79 Å². The predicted octanol–water partition coefficient (Wildman–Crippen LogP) is 0.166. The summed E-state index contributed by atoms with van der Waals surface area (Å²) < 4.78 is 72.2. The number of ether oxygens (including phenoxy) is 12. The van der Waals surface area contributed by atoms with Gasteiger partial charge in [0.2, 0.25) is 6.29 Å². The van der Waals surface area contributed by atoms with Gasteiger partial charge in [0.15, 0.2) is 36.7 Å². The van der Waals surface area contributed by atoms with Crippen LogP contribution in [0.2, 0.25) is 0 Å². The summed E-state index contributed by atoms with van der Waals surface area (Å²) in [5.74, 6) is -6.33. The van der Waals surface area contributed by atoms with Crippen molar-refractivity contribution >= 4 is 34.3 Å². The van der Waals surface area contributed by atoms with E-state index in [2.05, 4.69) is 0 Å². The summed E-state index contributed by atoms with van der Waals surface area (Å²) in [4.78, 5) is 52.4. The lowest BCUT2D eigenvalue weighted by atomic mass is 9.75. The van der Waals surface area contributed by atoms with Gasteiger partial charge in [-0.25, -0.2) is 0 Å². The second kappa shape index (κ2) is 26.3. The molecule has 0 amide bonds. The number of phenolic OH excluding ortho intramolecular Hbond substituents is 2. The van der Waals surface area contributed by atoms with Crippen LogP contribution in [0.3, 0.4) is 0 Å². The molecule has 27 heteroatoms. The number of esters is 1. The number of ketones is 2. The number of Topliss-reactive ketones (excluding diaryl/α,β-unsaturated/α-hetero) is 2. The number of fused-ring (bicyclic) bond motifs is 2. The fourth-order valence-electron chi connectivity index (χ4n) is 11.9. The van der Waals surface area contributed by atoms with Gasteiger partial charge in [-0.1, -0.05) is 0 Å². The van der Waals surface area contributed by atoms with Crippen LogP contribution in [-0.4, -0.2) is 234 Å². The van der Waals surface area contributed by atoms with Crippen molar-refractivity contribution in [2.75, 3.05) is 7.11 Å². The zero-order chi connectivity index (χ0) is 60.8. The van der Waals surface area contributed by atoms with Gasteiger partial charge >= 0.3 is 11.9 Å². The van der Waals surface area contributed by atoms with E-state index in [4.69, 9.17) is 61.9 Å². The maximum absolute atomic E-state index is 15.1. The van der Waals surface area contributed by atoms with Crippen molar-refractivity contribution in [1.82, 2.24) is 0 Å². The number of methoxy groups -OCH3 is 1. The van der Waals surface area contributed by atoms with Gasteiger partial charge in [-0.3, -0.25) is 19.2 Å². The molecule has 0 bridgehead atoms. The molecule has 0 radical (unpaired) electrons. The number of rotatable bonds is 19. The van der Waals surface area contributed by atoms with Crippen LogP contribution < -0.4 is 4.74 Å². The zero-order valence-electron chi connectivity index (χ0n) is 47.6. The molecule has 6 aliphatic rings. The van der Waals surface area contributed by atoms with Gasteiger partial charge in [0.05, 0.1) is 84.3 Å². The van der Waals surface area contributed by atoms with Gasteiger partial charge in [0, 0.05) is 50.7 Å². The Morgan fingerprint density at radius 1 is 0.687 bits per heavy atom. The number of aliphatic hydroxyl groups excluding tert-OH is 7. The van der Waals surface area contributed by atoms with Crippen molar-refractivity contribution in [3.05, 3.63) is 28.8 Å². The molecule has 466 valence electrons. The quantitative estimate of drug-likeness (QED) is 0.0835. The lowest BCUT2D eigenvalue weighted by molar-refractivity contribution is -0.334. The molecular weight excluding hydrogens is 1100 g/mol. The van der Waals surface area contributed by atoms with Gasteiger partial charge < -0.3 is 113 Å². The molecule has 2 aromatic rings. The molecule has 0 spiro atoms. The van der Waals surface area contributed by atoms with Crippen LogP contribution in [0.5, 0.6) is 17.2 Å². The number of aliphatic carboxylic acids is 1. The van der Waals surface area contributed by atoms with Crippen LogP contribution >= 0.6 is 0 Å². The number of carbonyl (C=O) groups excluding carboxylic acids is 3. The SMILES string of the molecule is CO[C@H](C(=O)[C@@H](O)[C@@H](C)O)[C@@H]1Cc2cc3cc(O[C@H]4C[C@@H](O[C@H]5C[C@@H](OC(=O)CCC(=O)O)[C@H](O)C(C)O5)[C@H](O)C(C)O4)c(C)c(O)c3c(O)c2C(=O)[C@H]1O[C@H]1CC(O[C@H]2C[C@@H](O[C@H]3C[C@](C)(O)[C@H](O)C(C)O3)[C@@H](O)C(C)O2)[C@H](O)C(C)O1. The van der Waals surface area contributed by atoms with Gasteiger partial charge in [0.25, 0.3) is 0 Å². The number of carbonyl (C=O) groups is 4. The fourth-order valence-corrected chi connectivity index (χ4v) is 11.9. The first-order chi connectivity index (χ1) is 39.0. The molecule has 1 aliphatic carbocycles. The van der Waals surface area contributed by atoms with Crippen LogP contribution in [-0.2, 0) is 72.9 Å². The van der Waals surface area contributed by atoms with Gasteiger partial charge in [-0.15, -0.1) is 0 Å². The maximum atomic E-state index is 15.1. The Labute approximate surface area is 478 Å². The number of hydrogen-bond acceptors (Lipinski definition) is 26. The van der Waals surface area contributed by atoms with Gasteiger partial charge in [0.1, 0.15) is 72.2 Å². The highest BCUT2D eigenvalue weighted by molar-refractivity contribution is 6.11. The minimum Gasteiger partial charge on any atom is -0.507 e. The monoisotopic (exact) mass is 1180 g/mol. The molecular formula is C56H80O27. The predicted molar refractivity (Wildman–Crippen MR) is 279 cm³/mol. The normalized spacial score (nSPS) is 39.8. The van der Waals surface area contributed by atoms with Crippen LogP contribution in [0.15, 0.2) is 12.1 Å². The van der Waals surface area contributed by atoms with Gasteiger partial charge in [-0.2, -0.15) is 0 Å². The second-order valence-corrected chi connectivity index (χ2v) is 23.1. The Bertz CT molecular complexity index is 2630. The first-order valence-corrected chi connectivity index (χ1v) is 28.1. The Hall–Kier alpha value is -4.34. The van der Waals surface area contributed by atoms with Crippen molar-refractivity contribution in [3.8, 4) is 17.2 Å². The van der Waals surface area contributed by atoms with E-state index in [-0.39, 0.29) is 71.7 Å². The molecule has 5 saturated heterocycles. The highest BCUT2D eigenvalue weighted by Gasteiger charge is 2.52. The van der Waals surface area contributed by atoms with Crippen molar-refractivity contribution in [3.63, 3.8) is 0 Å². The number of aromatic hydroxyl groups is 2. The van der Waals surface area contributed by atoms with E-state index in [0.717, 1.165) is 0 Å². The second-order valence-electron chi connectivity index (χ2n) is 23.1. The Balaban J connectivity index is 1.02. The maximum Gasteiger partial charge on any atom is 0.306 e. The summed E-state index contributed by atoms with van der Waals surface area (Å²) in [6, 6.07) is 2.97. The third-order valence-electron chi connectivity index (χ3n) is 16.7. The van der Waals surface area contributed by atoms with Crippen LogP contribution in [0.25, 0.3) is 10.8 Å². The van der Waals surface area contributed by atoms with E-state index in [0.29, 0.717) is 0 Å². The molecule has 5 aliphatic heterocycles. The van der Waals surface area contributed by atoms with E-state index in [1.807, 2.05) is 0 Å². The summed E-state index contributed by atoms with van der Waals surface area (Å²) in [5, 5.41) is 120. The number of aliphatic hydroxyl groups is 8. The topological polar surface area (TPSA) is 402 Å². The number of hydrogen-bond donors (Lipinski definition) is 11. The Morgan fingerprint density at radius 3 is 1.69 bits per heavy atom. The number of carboxylic acid groups (broad SMARTS) is 1. The third kappa shape index (κ3) is 14.1. The van der Waals surface area contributed by atoms with Crippen molar-refractivity contribution in [1.29, 1.82) is 0 Å². The lowest BCUT2D eigenvalue weighted by Gasteiger charge is -2.46. The average molecular weight is 1190 g/mol. The first kappa shape index (κ1) is 64.7. The molecule has 25 atom stereocenters.